The Labute approximate surface area is 99.5 Å². The summed E-state index contributed by atoms with van der Waals surface area (Å²) in [6.07, 6.45) is 2.58. The van der Waals surface area contributed by atoms with E-state index in [2.05, 4.69) is 0 Å². The molecule has 0 spiro atoms. The number of hydrogen-bond donors (Lipinski definition) is 0. The zero-order valence-corrected chi connectivity index (χ0v) is 9.79. The number of carbonyl (C=O) groups is 1. The summed E-state index contributed by atoms with van der Waals surface area (Å²) in [5, 5.41) is 0. The van der Waals surface area contributed by atoms with E-state index in [0.717, 1.165) is 24.8 Å². The van der Waals surface area contributed by atoms with Crippen LogP contribution in [0.15, 0.2) is 12.1 Å². The summed E-state index contributed by atoms with van der Waals surface area (Å²) >= 11 is 0. The van der Waals surface area contributed by atoms with Crippen LogP contribution in [0.25, 0.3) is 0 Å². The van der Waals surface area contributed by atoms with Gasteiger partial charge >= 0.3 is 5.97 Å². The smallest absolute Gasteiger partial charge is 0.338 e. The maximum absolute atomic E-state index is 13.8. The van der Waals surface area contributed by atoms with Crippen molar-refractivity contribution in [1.29, 1.82) is 0 Å². The molecule has 0 saturated heterocycles. The van der Waals surface area contributed by atoms with Crippen LogP contribution in [0.5, 0.6) is 5.75 Å². The average Bonchev–Trinajstić information content (AvgIpc) is 2.54. The molecular weight excluding hydrogens is 223 g/mol. The molecule has 1 aromatic carbocycles. The Kier molecular flexibility index (Phi) is 3.61. The van der Waals surface area contributed by atoms with Crippen molar-refractivity contribution in [1.82, 2.24) is 0 Å². The predicted octanol–water partition coefficient (Wildman–Crippen LogP) is 2.72. The summed E-state index contributed by atoms with van der Waals surface area (Å²) in [5.74, 6) is -0.679. The topological polar surface area (TPSA) is 35.5 Å². The van der Waals surface area contributed by atoms with Gasteiger partial charge in [0.15, 0.2) is 11.6 Å². The number of aryl methyl sites for hydroxylation is 1. The summed E-state index contributed by atoms with van der Waals surface area (Å²) in [6, 6.07) is 2.85. The quantitative estimate of drug-likeness (QED) is 0.743. The van der Waals surface area contributed by atoms with Crippen LogP contribution < -0.4 is 4.74 Å². The van der Waals surface area contributed by atoms with Gasteiger partial charge in [0.05, 0.1) is 18.8 Å². The fraction of sp³-hybridized carbons (Fsp3) is 0.462. The van der Waals surface area contributed by atoms with Crippen LogP contribution in [-0.2, 0) is 11.2 Å². The lowest BCUT2D eigenvalue weighted by Gasteiger charge is -2.10. The number of carbonyl (C=O) groups excluding carboxylic acids is 1. The number of halogens is 1. The average molecular weight is 238 g/mol. The fourth-order valence-electron chi connectivity index (χ4n) is 1.92. The van der Waals surface area contributed by atoms with Crippen LogP contribution in [0.2, 0.25) is 0 Å². The van der Waals surface area contributed by atoms with Gasteiger partial charge in [-0.15, -0.1) is 0 Å². The normalized spacial score (nSPS) is 14.5. The van der Waals surface area contributed by atoms with Crippen LogP contribution in [0.3, 0.4) is 0 Å². The van der Waals surface area contributed by atoms with Gasteiger partial charge in [-0.1, -0.05) is 0 Å². The van der Waals surface area contributed by atoms with Crippen LogP contribution in [0.1, 0.15) is 35.7 Å². The number of fused-ring (bicyclic) bond motifs is 1. The Hall–Kier alpha value is -1.58. The van der Waals surface area contributed by atoms with E-state index in [1.807, 2.05) is 0 Å². The van der Waals surface area contributed by atoms with Crippen LogP contribution in [-0.4, -0.2) is 19.2 Å². The molecule has 0 amide bonds. The molecule has 4 heteroatoms. The van der Waals surface area contributed by atoms with Crippen molar-refractivity contribution in [3.05, 3.63) is 29.1 Å². The van der Waals surface area contributed by atoms with Gasteiger partial charge in [-0.3, -0.25) is 0 Å². The SMILES string of the molecule is CCOC(=O)c1cc(F)c2c(c1)CCCCO2. The van der Waals surface area contributed by atoms with E-state index in [4.69, 9.17) is 9.47 Å². The molecule has 1 aliphatic rings. The summed E-state index contributed by atoms with van der Waals surface area (Å²) in [7, 11) is 0. The highest BCUT2D eigenvalue weighted by Crippen LogP contribution is 2.29. The van der Waals surface area contributed by atoms with Crippen LogP contribution in [0.4, 0.5) is 4.39 Å². The molecule has 17 heavy (non-hydrogen) atoms. The number of rotatable bonds is 2. The Morgan fingerprint density at radius 3 is 3.06 bits per heavy atom. The second-order valence-corrected chi connectivity index (χ2v) is 3.97. The number of hydrogen-bond acceptors (Lipinski definition) is 3. The first-order chi connectivity index (χ1) is 8.22. The van der Waals surface area contributed by atoms with Crippen molar-refractivity contribution in [2.24, 2.45) is 0 Å². The van der Waals surface area contributed by atoms with Gasteiger partial charge < -0.3 is 9.47 Å². The summed E-state index contributed by atoms with van der Waals surface area (Å²) in [6.45, 7) is 2.54. The summed E-state index contributed by atoms with van der Waals surface area (Å²) in [5.41, 5.74) is 1.01. The van der Waals surface area contributed by atoms with E-state index in [1.165, 1.54) is 6.07 Å². The van der Waals surface area contributed by atoms with Gasteiger partial charge in [-0.2, -0.15) is 0 Å². The highest BCUT2D eigenvalue weighted by molar-refractivity contribution is 5.90. The van der Waals surface area contributed by atoms with Gasteiger partial charge in [-0.25, -0.2) is 9.18 Å². The molecule has 2 rings (SSSR count). The van der Waals surface area contributed by atoms with E-state index in [-0.39, 0.29) is 17.9 Å². The first-order valence-electron chi connectivity index (χ1n) is 5.84. The second kappa shape index (κ2) is 5.17. The molecule has 1 heterocycles. The lowest BCUT2D eigenvalue weighted by molar-refractivity contribution is 0.0525. The largest absolute Gasteiger partial charge is 0.490 e. The third-order valence-corrected chi connectivity index (χ3v) is 2.72. The standard InChI is InChI=1S/C13H15FO3/c1-2-16-13(15)10-7-9-5-3-4-6-17-12(9)11(14)8-10/h7-8H,2-6H2,1H3. The molecule has 92 valence electrons. The molecule has 3 nitrogen and oxygen atoms in total. The molecule has 0 fully saturated rings. The number of ether oxygens (including phenoxy) is 2. The Morgan fingerprint density at radius 1 is 1.47 bits per heavy atom. The first-order valence-corrected chi connectivity index (χ1v) is 5.84. The van der Waals surface area contributed by atoms with E-state index in [1.54, 1.807) is 13.0 Å². The van der Waals surface area contributed by atoms with E-state index < -0.39 is 11.8 Å². The summed E-state index contributed by atoms with van der Waals surface area (Å²) in [4.78, 5) is 11.5. The third-order valence-electron chi connectivity index (χ3n) is 2.72. The minimum Gasteiger partial charge on any atom is -0.490 e. The minimum atomic E-state index is -0.488. The molecule has 0 atom stereocenters. The lowest BCUT2D eigenvalue weighted by Crippen LogP contribution is -2.07. The molecule has 1 aromatic rings. The van der Waals surface area contributed by atoms with Gasteiger partial charge in [0, 0.05) is 0 Å². The molecule has 0 aromatic heterocycles. The third kappa shape index (κ3) is 2.57. The number of benzene rings is 1. The van der Waals surface area contributed by atoms with E-state index >= 15 is 0 Å². The van der Waals surface area contributed by atoms with E-state index in [9.17, 15) is 9.18 Å². The Bertz CT molecular complexity index is 429. The fourth-order valence-corrected chi connectivity index (χ4v) is 1.92. The molecular formula is C13H15FO3. The van der Waals surface area contributed by atoms with Crippen LogP contribution in [0, 0.1) is 5.82 Å². The molecule has 0 N–H and O–H groups in total. The monoisotopic (exact) mass is 238 g/mol. The minimum absolute atomic E-state index is 0.258. The Balaban J connectivity index is 2.35. The predicted molar refractivity (Wildman–Crippen MR) is 60.8 cm³/mol. The van der Waals surface area contributed by atoms with E-state index in [0.29, 0.717) is 6.61 Å². The van der Waals surface area contributed by atoms with Crippen molar-refractivity contribution in [3.8, 4) is 5.75 Å². The molecule has 0 aliphatic carbocycles. The molecule has 1 aliphatic heterocycles. The van der Waals surface area contributed by atoms with Gasteiger partial charge in [0.25, 0.3) is 0 Å². The maximum atomic E-state index is 13.8. The van der Waals surface area contributed by atoms with Crippen molar-refractivity contribution in [2.75, 3.05) is 13.2 Å². The van der Waals surface area contributed by atoms with Crippen molar-refractivity contribution in [2.45, 2.75) is 26.2 Å². The number of esters is 1. The molecule has 0 unspecified atom stereocenters. The first kappa shape index (κ1) is 11.9. The van der Waals surface area contributed by atoms with Crippen molar-refractivity contribution < 1.29 is 18.7 Å². The lowest BCUT2D eigenvalue weighted by atomic mass is 10.0. The van der Waals surface area contributed by atoms with Crippen LogP contribution >= 0.6 is 0 Å². The molecule has 0 radical (unpaired) electrons. The highest BCUT2D eigenvalue weighted by atomic mass is 19.1. The van der Waals surface area contributed by atoms with Crippen molar-refractivity contribution >= 4 is 5.97 Å². The zero-order chi connectivity index (χ0) is 12.3. The second-order valence-electron chi connectivity index (χ2n) is 3.97. The van der Waals surface area contributed by atoms with Gasteiger partial charge in [-0.05, 0) is 43.9 Å². The van der Waals surface area contributed by atoms with Crippen molar-refractivity contribution in [3.63, 3.8) is 0 Å². The maximum Gasteiger partial charge on any atom is 0.338 e. The van der Waals surface area contributed by atoms with Gasteiger partial charge in [0.1, 0.15) is 0 Å². The molecule has 0 bridgehead atoms. The van der Waals surface area contributed by atoms with Gasteiger partial charge in [0.2, 0.25) is 0 Å². The highest BCUT2D eigenvalue weighted by Gasteiger charge is 2.18. The summed E-state index contributed by atoms with van der Waals surface area (Å²) < 4.78 is 24.0. The Morgan fingerprint density at radius 2 is 2.29 bits per heavy atom. The zero-order valence-electron chi connectivity index (χ0n) is 9.79. The molecule has 0 saturated carbocycles.